The second-order valence-corrected chi connectivity index (χ2v) is 6.28. The summed E-state index contributed by atoms with van der Waals surface area (Å²) in [6.45, 7) is 8.57. The second kappa shape index (κ2) is 4.64. The molecule has 1 aromatic carbocycles. The molecule has 0 saturated heterocycles. The van der Waals surface area contributed by atoms with Crippen molar-refractivity contribution >= 4 is 0 Å². The Morgan fingerprint density at radius 3 is 2.50 bits per heavy atom. The van der Waals surface area contributed by atoms with Gasteiger partial charge in [-0.1, -0.05) is 30.9 Å². The van der Waals surface area contributed by atoms with Crippen molar-refractivity contribution in [1.82, 2.24) is 0 Å². The molecule has 112 valence electrons. The van der Waals surface area contributed by atoms with E-state index in [1.165, 1.54) is 27.8 Å². The maximum atomic E-state index is 5.49. The number of fused-ring (bicyclic) bond motifs is 2. The van der Waals surface area contributed by atoms with Gasteiger partial charge in [-0.2, -0.15) is 0 Å². The number of allylic oxidation sites excluding steroid dienone is 6. The van der Waals surface area contributed by atoms with Gasteiger partial charge in [-0.15, -0.1) is 0 Å². The van der Waals surface area contributed by atoms with Crippen LogP contribution >= 0.6 is 0 Å². The van der Waals surface area contributed by atoms with Gasteiger partial charge in [0.1, 0.15) is 0 Å². The van der Waals surface area contributed by atoms with Gasteiger partial charge in [-0.25, -0.2) is 0 Å². The van der Waals surface area contributed by atoms with E-state index in [0.717, 1.165) is 29.9 Å². The minimum Gasteiger partial charge on any atom is -0.493 e. The van der Waals surface area contributed by atoms with Gasteiger partial charge in [-0.05, 0) is 52.8 Å². The fourth-order valence-electron chi connectivity index (χ4n) is 4.08. The van der Waals surface area contributed by atoms with E-state index in [1.54, 1.807) is 14.2 Å². The van der Waals surface area contributed by atoms with Crippen LogP contribution in [0.5, 0.6) is 11.5 Å². The van der Waals surface area contributed by atoms with Crippen molar-refractivity contribution in [2.24, 2.45) is 5.92 Å². The first kappa shape index (κ1) is 13.4. The molecular weight excluding hydrogens is 272 g/mol. The van der Waals surface area contributed by atoms with E-state index in [0.29, 0.717) is 5.92 Å². The zero-order valence-corrected chi connectivity index (χ0v) is 13.1. The zero-order chi connectivity index (χ0) is 15.4. The van der Waals surface area contributed by atoms with Crippen LogP contribution in [0, 0.1) is 5.92 Å². The van der Waals surface area contributed by atoms with Gasteiger partial charge in [-0.3, -0.25) is 0 Å². The average molecular weight is 292 g/mol. The summed E-state index contributed by atoms with van der Waals surface area (Å²) in [5.41, 5.74) is 7.87. The highest BCUT2D eigenvalue weighted by atomic mass is 16.5. The van der Waals surface area contributed by atoms with Crippen LogP contribution in [0.4, 0.5) is 0 Å². The van der Waals surface area contributed by atoms with Gasteiger partial charge in [0.2, 0.25) is 0 Å². The molecule has 0 aromatic heterocycles. The van der Waals surface area contributed by atoms with Gasteiger partial charge < -0.3 is 9.47 Å². The Kier molecular flexibility index (Phi) is 2.83. The molecule has 2 heteroatoms. The van der Waals surface area contributed by atoms with Crippen LogP contribution in [-0.4, -0.2) is 14.2 Å². The Balaban J connectivity index is 1.92. The summed E-state index contributed by atoms with van der Waals surface area (Å²) in [7, 11) is 3.38. The molecule has 22 heavy (non-hydrogen) atoms. The lowest BCUT2D eigenvalue weighted by Crippen LogP contribution is -2.20. The van der Waals surface area contributed by atoms with Gasteiger partial charge in [0.15, 0.2) is 11.5 Å². The van der Waals surface area contributed by atoms with E-state index in [9.17, 15) is 0 Å². The fourth-order valence-corrected chi connectivity index (χ4v) is 4.08. The van der Waals surface area contributed by atoms with Crippen LogP contribution in [0.2, 0.25) is 0 Å². The largest absolute Gasteiger partial charge is 0.493 e. The topological polar surface area (TPSA) is 18.5 Å². The van der Waals surface area contributed by atoms with Gasteiger partial charge >= 0.3 is 0 Å². The van der Waals surface area contributed by atoms with Crippen LogP contribution in [0.1, 0.15) is 23.5 Å². The van der Waals surface area contributed by atoms with Crippen molar-refractivity contribution in [3.05, 3.63) is 70.9 Å². The van der Waals surface area contributed by atoms with Crippen molar-refractivity contribution < 1.29 is 9.47 Å². The molecule has 4 aliphatic rings. The Morgan fingerprint density at radius 1 is 1.05 bits per heavy atom. The van der Waals surface area contributed by atoms with Crippen molar-refractivity contribution in [3.63, 3.8) is 0 Å². The monoisotopic (exact) mass is 292 g/mol. The third kappa shape index (κ3) is 1.67. The first-order valence-electron chi connectivity index (χ1n) is 7.67. The molecule has 0 aliphatic heterocycles. The maximum Gasteiger partial charge on any atom is 0.161 e. The van der Waals surface area contributed by atoms with Crippen molar-refractivity contribution in [2.45, 2.75) is 18.8 Å². The van der Waals surface area contributed by atoms with Crippen molar-refractivity contribution in [3.8, 4) is 11.5 Å². The summed E-state index contributed by atoms with van der Waals surface area (Å²) < 4.78 is 11.0. The molecule has 0 saturated carbocycles. The van der Waals surface area contributed by atoms with Crippen LogP contribution < -0.4 is 9.47 Å². The molecular formula is C20H20O2. The highest BCUT2D eigenvalue weighted by molar-refractivity contribution is 5.65. The molecule has 0 spiro atoms. The third-order valence-corrected chi connectivity index (χ3v) is 5.24. The summed E-state index contributed by atoms with van der Waals surface area (Å²) in [6.07, 6.45) is 6.68. The molecule has 2 atom stereocenters. The quantitative estimate of drug-likeness (QED) is 0.755. The smallest absolute Gasteiger partial charge is 0.161 e. The van der Waals surface area contributed by atoms with E-state index in [1.807, 2.05) is 0 Å². The van der Waals surface area contributed by atoms with Crippen LogP contribution in [0.15, 0.2) is 59.7 Å². The van der Waals surface area contributed by atoms with Crippen molar-refractivity contribution in [2.75, 3.05) is 14.2 Å². The lowest BCUT2D eigenvalue weighted by molar-refractivity contribution is 0.354. The maximum absolute atomic E-state index is 5.49. The normalized spacial score (nSPS) is 25.2. The number of hydrogen-bond acceptors (Lipinski definition) is 2. The second-order valence-electron chi connectivity index (χ2n) is 6.28. The molecule has 0 radical (unpaired) electrons. The van der Waals surface area contributed by atoms with E-state index in [-0.39, 0.29) is 5.92 Å². The fraction of sp³-hybridized carbons (Fsp3) is 0.300. The molecule has 1 aromatic rings. The molecule has 0 amide bonds. The van der Waals surface area contributed by atoms with E-state index >= 15 is 0 Å². The number of methoxy groups -OCH3 is 2. The van der Waals surface area contributed by atoms with Gasteiger partial charge in [0.25, 0.3) is 0 Å². The molecule has 0 heterocycles. The van der Waals surface area contributed by atoms with E-state index in [2.05, 4.69) is 37.4 Å². The lowest BCUT2D eigenvalue weighted by Gasteiger charge is -2.34. The predicted molar refractivity (Wildman–Crippen MR) is 88.5 cm³/mol. The Hall–Kier alpha value is -2.22. The summed E-state index contributed by atoms with van der Waals surface area (Å²) in [5, 5.41) is 0. The molecule has 5 rings (SSSR count). The summed E-state index contributed by atoms with van der Waals surface area (Å²) in [6, 6.07) is 4.26. The summed E-state index contributed by atoms with van der Waals surface area (Å²) in [5.74, 6) is 2.29. The molecule has 0 fully saturated rings. The SMILES string of the molecule is C=C1C(=C)C2C=CC3C1=C(Cc1cc(OC)c(OC)cc13)C2. The Bertz CT molecular complexity index is 764. The standard InChI is InChI=1S/C20H20O2/c1-11-12(2)20-15-7-13(11)5-6-16(20)17-10-19(22-4)18(21-3)9-14(17)8-15/h5-6,9-10,13,16H,1-2,7-8H2,3-4H3. The predicted octanol–water partition coefficient (Wildman–Crippen LogP) is 4.34. The molecule has 0 N–H and O–H groups in total. The highest BCUT2D eigenvalue weighted by Crippen LogP contribution is 2.52. The molecule has 4 bridgehead atoms. The third-order valence-electron chi connectivity index (χ3n) is 5.24. The zero-order valence-electron chi connectivity index (χ0n) is 13.1. The first-order chi connectivity index (χ1) is 10.6. The van der Waals surface area contributed by atoms with Crippen LogP contribution in [0.25, 0.3) is 0 Å². The minimum absolute atomic E-state index is 0.273. The molecule has 2 unspecified atom stereocenters. The number of hydrogen-bond donors (Lipinski definition) is 0. The van der Waals surface area contributed by atoms with Crippen LogP contribution in [0.3, 0.4) is 0 Å². The van der Waals surface area contributed by atoms with Crippen LogP contribution in [-0.2, 0) is 6.42 Å². The van der Waals surface area contributed by atoms with Crippen molar-refractivity contribution in [1.29, 1.82) is 0 Å². The Morgan fingerprint density at radius 2 is 1.77 bits per heavy atom. The summed E-state index contributed by atoms with van der Waals surface area (Å²) in [4.78, 5) is 0. The Labute approximate surface area is 131 Å². The number of benzene rings is 1. The van der Waals surface area contributed by atoms with E-state index in [4.69, 9.17) is 9.47 Å². The molecule has 2 nitrogen and oxygen atoms in total. The number of rotatable bonds is 2. The first-order valence-corrected chi connectivity index (χ1v) is 7.67. The average Bonchev–Trinajstić information content (AvgIpc) is 2.75. The lowest BCUT2D eigenvalue weighted by atomic mass is 9.70. The van der Waals surface area contributed by atoms with Gasteiger partial charge in [0.05, 0.1) is 14.2 Å². The highest BCUT2D eigenvalue weighted by Gasteiger charge is 2.37. The summed E-state index contributed by atoms with van der Waals surface area (Å²) >= 11 is 0. The van der Waals surface area contributed by atoms with E-state index < -0.39 is 0 Å². The molecule has 4 aliphatic carbocycles. The number of ether oxygens (including phenoxy) is 2. The van der Waals surface area contributed by atoms with Gasteiger partial charge in [0, 0.05) is 11.8 Å². The minimum atomic E-state index is 0.273.